The molecule has 0 spiro atoms. The van der Waals surface area contributed by atoms with Gasteiger partial charge in [0.15, 0.2) is 5.82 Å². The van der Waals surface area contributed by atoms with E-state index in [1.54, 1.807) is 38.2 Å². The Balaban J connectivity index is 2.44. The van der Waals surface area contributed by atoms with Crippen LogP contribution in [0.3, 0.4) is 0 Å². The number of aromatic nitrogens is 3. The fourth-order valence-corrected chi connectivity index (χ4v) is 1.94. The minimum Gasteiger partial charge on any atom is -0.465 e. The Labute approximate surface area is 121 Å². The van der Waals surface area contributed by atoms with E-state index < -0.39 is 11.9 Å². The van der Waals surface area contributed by atoms with Gasteiger partial charge in [-0.3, -0.25) is 4.79 Å². The molecule has 2 aromatic rings. The van der Waals surface area contributed by atoms with Crippen LogP contribution in [0, 0.1) is 0 Å². The Kier molecular flexibility index (Phi) is 4.24. The summed E-state index contributed by atoms with van der Waals surface area (Å²) >= 11 is 5.86. The third-order valence-electron chi connectivity index (χ3n) is 2.80. The molecule has 0 aliphatic carbocycles. The zero-order valence-electron chi connectivity index (χ0n) is 11.2. The van der Waals surface area contributed by atoms with Gasteiger partial charge in [0.2, 0.25) is 5.95 Å². The van der Waals surface area contributed by atoms with E-state index in [9.17, 15) is 4.79 Å². The average Bonchev–Trinajstić information content (AvgIpc) is 2.72. The Hall–Kier alpha value is -2.08. The van der Waals surface area contributed by atoms with E-state index in [-0.39, 0.29) is 12.6 Å². The summed E-state index contributed by atoms with van der Waals surface area (Å²) in [6, 6.07) is 6.90. The van der Waals surface area contributed by atoms with Crippen LogP contribution >= 0.6 is 11.6 Å². The van der Waals surface area contributed by atoms with Crippen LogP contribution in [0.2, 0.25) is 5.02 Å². The molecule has 2 N–H and O–H groups in total. The van der Waals surface area contributed by atoms with Gasteiger partial charge >= 0.3 is 5.97 Å². The predicted molar refractivity (Wildman–Crippen MR) is 75.3 cm³/mol. The van der Waals surface area contributed by atoms with E-state index in [0.717, 1.165) is 0 Å². The molecule has 0 saturated carbocycles. The van der Waals surface area contributed by atoms with Crippen molar-refractivity contribution in [3.05, 3.63) is 40.7 Å². The molecule has 0 radical (unpaired) electrons. The summed E-state index contributed by atoms with van der Waals surface area (Å²) in [5, 5.41) is 4.75. The molecule has 1 aromatic heterocycles. The topological polar surface area (TPSA) is 83.0 Å². The van der Waals surface area contributed by atoms with Crippen LogP contribution < -0.4 is 5.73 Å². The van der Waals surface area contributed by atoms with Crippen molar-refractivity contribution >= 4 is 23.5 Å². The van der Waals surface area contributed by atoms with Crippen molar-refractivity contribution in [1.82, 2.24) is 14.8 Å². The van der Waals surface area contributed by atoms with Crippen molar-refractivity contribution < 1.29 is 9.53 Å². The van der Waals surface area contributed by atoms with Gasteiger partial charge in [0.05, 0.1) is 6.61 Å². The van der Waals surface area contributed by atoms with Crippen molar-refractivity contribution in [2.75, 3.05) is 12.3 Å². The van der Waals surface area contributed by atoms with Crippen molar-refractivity contribution in [3.63, 3.8) is 0 Å². The van der Waals surface area contributed by atoms with Crippen molar-refractivity contribution in [1.29, 1.82) is 0 Å². The number of aryl methyl sites for hydroxylation is 1. The Morgan fingerprint density at radius 3 is 2.60 bits per heavy atom. The van der Waals surface area contributed by atoms with Gasteiger partial charge in [-0.25, -0.2) is 4.68 Å². The number of hydrogen-bond acceptors (Lipinski definition) is 5. The molecule has 0 fully saturated rings. The van der Waals surface area contributed by atoms with Gasteiger partial charge in [-0.05, 0) is 24.6 Å². The fraction of sp³-hybridized carbons (Fsp3) is 0.308. The fourth-order valence-electron chi connectivity index (χ4n) is 1.81. The number of nitrogens with two attached hydrogens (primary N) is 1. The second kappa shape index (κ2) is 5.92. The van der Waals surface area contributed by atoms with Gasteiger partial charge in [0.25, 0.3) is 0 Å². The van der Waals surface area contributed by atoms with E-state index in [2.05, 4.69) is 10.1 Å². The second-order valence-corrected chi connectivity index (χ2v) is 4.62. The maximum Gasteiger partial charge on any atom is 0.321 e. The van der Waals surface area contributed by atoms with Crippen molar-refractivity contribution in [2.45, 2.75) is 12.8 Å². The molecule has 1 atom stereocenters. The summed E-state index contributed by atoms with van der Waals surface area (Å²) in [5.74, 6) is -0.579. The molecule has 0 aliphatic rings. The number of carbonyl (C=O) groups is 1. The molecule has 0 bridgehead atoms. The highest BCUT2D eigenvalue weighted by Crippen LogP contribution is 2.25. The molecule has 6 nitrogen and oxygen atoms in total. The smallest absolute Gasteiger partial charge is 0.321 e. The molecular weight excluding hydrogens is 280 g/mol. The highest BCUT2D eigenvalue weighted by molar-refractivity contribution is 6.30. The summed E-state index contributed by atoms with van der Waals surface area (Å²) in [6.07, 6.45) is 0. The molecule has 20 heavy (non-hydrogen) atoms. The van der Waals surface area contributed by atoms with Crippen LogP contribution in [-0.4, -0.2) is 27.3 Å². The number of nitrogen functional groups attached to an aromatic ring is 1. The largest absolute Gasteiger partial charge is 0.465 e. The van der Waals surface area contributed by atoms with Gasteiger partial charge < -0.3 is 10.5 Å². The molecule has 0 amide bonds. The van der Waals surface area contributed by atoms with Crippen LogP contribution in [0.1, 0.15) is 24.2 Å². The monoisotopic (exact) mass is 294 g/mol. The Morgan fingerprint density at radius 1 is 1.45 bits per heavy atom. The zero-order chi connectivity index (χ0) is 14.7. The van der Waals surface area contributed by atoms with Gasteiger partial charge in [-0.1, -0.05) is 23.7 Å². The lowest BCUT2D eigenvalue weighted by atomic mass is 9.98. The average molecular weight is 295 g/mol. The SMILES string of the molecule is CCOC(=O)C(c1ccc(Cl)cc1)c1nc(N)n(C)n1. The van der Waals surface area contributed by atoms with Crippen LogP contribution in [-0.2, 0) is 16.6 Å². The highest BCUT2D eigenvalue weighted by atomic mass is 35.5. The first kappa shape index (κ1) is 14.3. The summed E-state index contributed by atoms with van der Waals surface area (Å²) in [5.41, 5.74) is 6.38. The number of benzene rings is 1. The Bertz CT molecular complexity index is 590. The second-order valence-electron chi connectivity index (χ2n) is 4.19. The maximum absolute atomic E-state index is 12.2. The quantitative estimate of drug-likeness (QED) is 0.869. The first-order valence-corrected chi connectivity index (χ1v) is 6.49. The molecular formula is C13H15ClN4O2. The van der Waals surface area contributed by atoms with Gasteiger partial charge in [0, 0.05) is 12.1 Å². The minimum atomic E-state index is -0.712. The third kappa shape index (κ3) is 2.91. The number of halogens is 1. The van der Waals surface area contributed by atoms with Gasteiger partial charge in [0.1, 0.15) is 5.92 Å². The number of esters is 1. The normalized spacial score (nSPS) is 12.2. The van der Waals surface area contributed by atoms with Gasteiger partial charge in [-0.15, -0.1) is 0 Å². The zero-order valence-corrected chi connectivity index (χ0v) is 12.0. The lowest BCUT2D eigenvalue weighted by Gasteiger charge is -2.12. The van der Waals surface area contributed by atoms with Crippen LogP contribution in [0.25, 0.3) is 0 Å². The number of rotatable bonds is 4. The van der Waals surface area contributed by atoms with Crippen molar-refractivity contribution in [2.24, 2.45) is 7.05 Å². The highest BCUT2D eigenvalue weighted by Gasteiger charge is 2.28. The summed E-state index contributed by atoms with van der Waals surface area (Å²) in [7, 11) is 1.66. The lowest BCUT2D eigenvalue weighted by molar-refractivity contribution is -0.144. The molecule has 1 heterocycles. The number of anilines is 1. The maximum atomic E-state index is 12.2. The van der Waals surface area contributed by atoms with Gasteiger partial charge in [-0.2, -0.15) is 10.1 Å². The summed E-state index contributed by atoms with van der Waals surface area (Å²) in [4.78, 5) is 16.3. The molecule has 0 saturated heterocycles. The van der Waals surface area contributed by atoms with Crippen LogP contribution in [0.5, 0.6) is 0 Å². The number of carbonyl (C=O) groups excluding carboxylic acids is 1. The lowest BCUT2D eigenvalue weighted by Crippen LogP contribution is -2.18. The number of hydrogen-bond donors (Lipinski definition) is 1. The molecule has 2 rings (SSSR count). The standard InChI is InChI=1S/C13H15ClN4O2/c1-3-20-12(19)10(8-4-6-9(14)7-5-8)11-16-13(15)18(2)17-11/h4-7,10H,3H2,1-2H3,(H2,15,16,17). The number of nitrogens with zero attached hydrogens (tertiary/aromatic N) is 3. The molecule has 1 unspecified atom stereocenters. The first-order valence-electron chi connectivity index (χ1n) is 6.11. The predicted octanol–water partition coefficient (Wildman–Crippen LogP) is 1.75. The number of ether oxygens (including phenoxy) is 1. The van der Waals surface area contributed by atoms with E-state index in [0.29, 0.717) is 16.4 Å². The van der Waals surface area contributed by atoms with Crippen LogP contribution in [0.4, 0.5) is 5.95 Å². The first-order chi connectivity index (χ1) is 9.52. The molecule has 7 heteroatoms. The molecule has 0 aliphatic heterocycles. The summed E-state index contributed by atoms with van der Waals surface area (Å²) in [6.45, 7) is 2.03. The Morgan fingerprint density at radius 2 is 2.10 bits per heavy atom. The van der Waals surface area contributed by atoms with E-state index >= 15 is 0 Å². The van der Waals surface area contributed by atoms with Crippen LogP contribution in [0.15, 0.2) is 24.3 Å². The van der Waals surface area contributed by atoms with E-state index in [1.807, 2.05) is 0 Å². The third-order valence-corrected chi connectivity index (χ3v) is 3.05. The van der Waals surface area contributed by atoms with E-state index in [4.69, 9.17) is 22.1 Å². The summed E-state index contributed by atoms with van der Waals surface area (Å²) < 4.78 is 6.50. The van der Waals surface area contributed by atoms with E-state index in [1.165, 1.54) is 4.68 Å². The molecule has 106 valence electrons. The minimum absolute atomic E-state index is 0.239. The van der Waals surface area contributed by atoms with Crippen molar-refractivity contribution in [3.8, 4) is 0 Å². The molecule has 1 aromatic carbocycles.